The van der Waals surface area contributed by atoms with Crippen LogP contribution in [-0.2, 0) is 10.3 Å². The number of rotatable bonds is 8. The van der Waals surface area contributed by atoms with Crippen molar-refractivity contribution in [3.63, 3.8) is 0 Å². The largest absolute Gasteiger partial charge is 0.495 e. The van der Waals surface area contributed by atoms with Gasteiger partial charge < -0.3 is 19.5 Å². The Morgan fingerprint density at radius 3 is 2.53 bits per heavy atom. The van der Waals surface area contributed by atoms with Gasteiger partial charge in [-0.25, -0.2) is 9.18 Å². The summed E-state index contributed by atoms with van der Waals surface area (Å²) in [5.41, 5.74) is 2.82. The molecule has 2 aromatic carbocycles. The number of carbonyl (C=O) groups is 1. The monoisotopic (exact) mass is 464 g/mol. The average molecular weight is 465 g/mol. The molecule has 1 aliphatic heterocycles. The second-order valence-electron chi connectivity index (χ2n) is 8.55. The summed E-state index contributed by atoms with van der Waals surface area (Å²) in [6.07, 6.45) is 4.55. The molecule has 1 fully saturated rings. The molecule has 0 radical (unpaired) electrons. The minimum absolute atomic E-state index is 0.00420. The van der Waals surface area contributed by atoms with E-state index in [1.165, 1.54) is 12.1 Å². The minimum atomic E-state index is -0.868. The number of amides is 1. The Hall–Kier alpha value is -3.45. The van der Waals surface area contributed by atoms with Crippen molar-refractivity contribution in [3.8, 4) is 16.9 Å². The number of halogens is 1. The summed E-state index contributed by atoms with van der Waals surface area (Å²) in [5.74, 6) is 0.350. The van der Waals surface area contributed by atoms with Crippen molar-refractivity contribution in [1.82, 2.24) is 9.88 Å². The number of nitrogens with zero attached hydrogens (tertiary/aromatic N) is 2. The molecule has 2 heterocycles. The summed E-state index contributed by atoms with van der Waals surface area (Å²) >= 11 is 0. The van der Waals surface area contributed by atoms with E-state index >= 15 is 0 Å². The van der Waals surface area contributed by atoms with Gasteiger partial charge >= 0.3 is 6.09 Å². The van der Waals surface area contributed by atoms with E-state index in [0.717, 1.165) is 22.3 Å². The lowest BCUT2D eigenvalue weighted by Crippen LogP contribution is -2.48. The molecule has 1 amide bonds. The summed E-state index contributed by atoms with van der Waals surface area (Å²) in [4.78, 5) is 19.0. The Morgan fingerprint density at radius 2 is 1.88 bits per heavy atom. The van der Waals surface area contributed by atoms with Crippen molar-refractivity contribution in [2.45, 2.75) is 37.8 Å². The van der Waals surface area contributed by atoms with Crippen LogP contribution >= 0.6 is 0 Å². The summed E-state index contributed by atoms with van der Waals surface area (Å²) in [5, 5.41) is 9.37. The first-order valence-corrected chi connectivity index (χ1v) is 11.4. The first kappa shape index (κ1) is 23.7. The van der Waals surface area contributed by atoms with E-state index in [1.807, 2.05) is 37.3 Å². The van der Waals surface area contributed by atoms with Crippen molar-refractivity contribution >= 4 is 6.09 Å². The molecule has 7 heteroatoms. The minimum Gasteiger partial charge on any atom is -0.495 e. The van der Waals surface area contributed by atoms with E-state index in [1.54, 1.807) is 36.5 Å². The summed E-state index contributed by atoms with van der Waals surface area (Å²) in [6, 6.07) is 15.8. The number of benzene rings is 2. The maximum absolute atomic E-state index is 13.5. The van der Waals surface area contributed by atoms with Crippen LogP contribution in [0.2, 0.25) is 0 Å². The smallest absolute Gasteiger partial charge is 0.411 e. The Labute approximate surface area is 199 Å². The number of cyclic esters (lactones) is 1. The van der Waals surface area contributed by atoms with E-state index in [2.05, 4.69) is 4.98 Å². The topological polar surface area (TPSA) is 71.9 Å². The number of aliphatic hydroxyl groups is 1. The van der Waals surface area contributed by atoms with Crippen molar-refractivity contribution in [2.24, 2.45) is 0 Å². The molecule has 0 unspecified atom stereocenters. The van der Waals surface area contributed by atoms with Crippen molar-refractivity contribution < 1.29 is 23.8 Å². The number of hydrogen-bond donors (Lipinski definition) is 1. The highest BCUT2D eigenvalue weighted by Crippen LogP contribution is 2.40. The molecular weight excluding hydrogens is 435 g/mol. The van der Waals surface area contributed by atoms with Crippen molar-refractivity contribution in [1.29, 1.82) is 0 Å². The third-order valence-corrected chi connectivity index (χ3v) is 6.53. The van der Waals surface area contributed by atoms with Crippen LogP contribution in [0.3, 0.4) is 0 Å². The van der Waals surface area contributed by atoms with Gasteiger partial charge in [0.25, 0.3) is 0 Å². The number of carbonyl (C=O) groups excluding carboxylic acids is 1. The lowest BCUT2D eigenvalue weighted by atomic mass is 9.84. The third kappa shape index (κ3) is 4.89. The van der Waals surface area contributed by atoms with E-state index < -0.39 is 11.7 Å². The highest BCUT2D eigenvalue weighted by molar-refractivity contribution is 5.70. The maximum atomic E-state index is 13.5. The summed E-state index contributed by atoms with van der Waals surface area (Å²) in [6.45, 7) is 2.46. The lowest BCUT2D eigenvalue weighted by Gasteiger charge is -2.43. The van der Waals surface area contributed by atoms with E-state index in [-0.39, 0.29) is 18.5 Å². The van der Waals surface area contributed by atoms with Gasteiger partial charge in [-0.3, -0.25) is 4.98 Å². The predicted octanol–water partition coefficient (Wildman–Crippen LogP) is 5.47. The quantitative estimate of drug-likeness (QED) is 0.479. The molecule has 0 bridgehead atoms. The van der Waals surface area contributed by atoms with Gasteiger partial charge in [-0.15, -0.1) is 0 Å². The molecular formula is C27H29FN2O4. The molecule has 2 atom stereocenters. The zero-order valence-electron chi connectivity index (χ0n) is 19.4. The van der Waals surface area contributed by atoms with Crippen molar-refractivity contribution in [3.05, 3.63) is 83.9 Å². The fraction of sp³-hybridized carbons (Fsp3) is 0.333. The van der Waals surface area contributed by atoms with E-state index in [9.17, 15) is 14.3 Å². The number of aliphatic hydroxyl groups excluding tert-OH is 1. The second kappa shape index (κ2) is 10.2. The van der Waals surface area contributed by atoms with Crippen molar-refractivity contribution in [2.75, 3.05) is 20.3 Å². The van der Waals surface area contributed by atoms with E-state index in [0.29, 0.717) is 31.6 Å². The van der Waals surface area contributed by atoms with Crippen LogP contribution in [0, 0.1) is 5.82 Å². The lowest BCUT2D eigenvalue weighted by molar-refractivity contribution is -0.0680. The van der Waals surface area contributed by atoms with Crippen LogP contribution in [0.4, 0.5) is 9.18 Å². The van der Waals surface area contributed by atoms with Crippen LogP contribution in [0.5, 0.6) is 5.75 Å². The number of hydrogen-bond acceptors (Lipinski definition) is 5. The SMILES string of the molecule is COc1cncc(-c2ccc([C@H](C)N3CC[C@](CCCO)(c4ccc(F)cc4)OC3=O)cc2)c1. The predicted molar refractivity (Wildman–Crippen MR) is 127 cm³/mol. The molecule has 178 valence electrons. The van der Waals surface area contributed by atoms with Gasteiger partial charge in [-0.05, 0) is 54.7 Å². The number of aromatic nitrogens is 1. The molecule has 1 N–H and O–H groups in total. The third-order valence-electron chi connectivity index (χ3n) is 6.53. The van der Waals surface area contributed by atoms with E-state index in [4.69, 9.17) is 9.47 Å². The Morgan fingerprint density at radius 1 is 1.15 bits per heavy atom. The highest BCUT2D eigenvalue weighted by atomic mass is 19.1. The fourth-order valence-corrected chi connectivity index (χ4v) is 4.49. The number of pyridine rings is 1. The molecule has 0 saturated carbocycles. The summed E-state index contributed by atoms with van der Waals surface area (Å²) in [7, 11) is 1.61. The van der Waals surface area contributed by atoms with Gasteiger partial charge in [-0.2, -0.15) is 0 Å². The number of methoxy groups -OCH3 is 1. The molecule has 1 aromatic heterocycles. The van der Waals surface area contributed by atoms with Gasteiger partial charge in [-0.1, -0.05) is 36.4 Å². The van der Waals surface area contributed by atoms with Crippen LogP contribution in [0.1, 0.15) is 43.4 Å². The molecule has 1 saturated heterocycles. The molecule has 1 aliphatic rings. The first-order chi connectivity index (χ1) is 16.5. The molecule has 0 aliphatic carbocycles. The second-order valence-corrected chi connectivity index (χ2v) is 8.55. The molecule has 6 nitrogen and oxygen atoms in total. The van der Waals surface area contributed by atoms with Gasteiger partial charge in [0.05, 0.1) is 19.3 Å². The summed E-state index contributed by atoms with van der Waals surface area (Å²) < 4.78 is 24.7. The van der Waals surface area contributed by atoms with Crippen LogP contribution in [0.25, 0.3) is 11.1 Å². The van der Waals surface area contributed by atoms with Crippen LogP contribution in [-0.4, -0.2) is 41.3 Å². The Kier molecular flexibility index (Phi) is 7.12. The van der Waals surface area contributed by atoms with Gasteiger partial charge in [0.1, 0.15) is 17.2 Å². The molecule has 34 heavy (non-hydrogen) atoms. The molecule has 0 spiro atoms. The van der Waals surface area contributed by atoms with Crippen LogP contribution in [0.15, 0.2) is 67.0 Å². The average Bonchev–Trinajstić information content (AvgIpc) is 2.87. The molecule has 3 aromatic rings. The zero-order valence-corrected chi connectivity index (χ0v) is 19.4. The zero-order chi connectivity index (χ0) is 24.1. The highest BCUT2D eigenvalue weighted by Gasteiger charge is 2.43. The first-order valence-electron chi connectivity index (χ1n) is 11.4. The fourth-order valence-electron chi connectivity index (χ4n) is 4.49. The maximum Gasteiger partial charge on any atom is 0.411 e. The van der Waals surface area contributed by atoms with Crippen LogP contribution < -0.4 is 4.74 Å². The number of ether oxygens (including phenoxy) is 2. The Bertz CT molecular complexity index is 1120. The van der Waals surface area contributed by atoms with Gasteiger partial charge in [0.15, 0.2) is 0 Å². The van der Waals surface area contributed by atoms with Gasteiger partial charge in [0, 0.05) is 31.3 Å². The van der Waals surface area contributed by atoms with Gasteiger partial charge in [0.2, 0.25) is 0 Å². The standard InChI is InChI=1S/C27H29FN2O4/c1-19(20-4-6-21(7-5-20)22-16-25(33-2)18-29-17-22)30-14-13-27(12-3-15-31,34-26(30)32)23-8-10-24(28)11-9-23/h4-11,16-19,31H,3,12-15H2,1-2H3/t19-,27+/m0/s1. The Balaban J connectivity index is 1.51. The normalized spacial score (nSPS) is 18.9. The molecule has 4 rings (SSSR count).